The molecule has 0 radical (unpaired) electrons. The molecule has 0 saturated heterocycles. The van der Waals surface area contributed by atoms with Crippen LogP contribution in [0.5, 0.6) is 0 Å². The van der Waals surface area contributed by atoms with Crippen molar-refractivity contribution in [2.75, 3.05) is 13.6 Å². The second kappa shape index (κ2) is 8.82. The third-order valence-electron chi connectivity index (χ3n) is 3.33. The number of nitrogens with one attached hydrogen (secondary N) is 2. The Morgan fingerprint density at radius 2 is 2.00 bits per heavy atom. The zero-order valence-electron chi connectivity index (χ0n) is 10.4. The van der Waals surface area contributed by atoms with Crippen LogP contribution in [0.1, 0.15) is 45.4 Å². The highest BCUT2D eigenvalue weighted by atomic mass is 35.5. The van der Waals surface area contributed by atoms with Gasteiger partial charge in [-0.15, -0.1) is 12.4 Å². The summed E-state index contributed by atoms with van der Waals surface area (Å²) in [6, 6.07) is 0.370. The SMILES string of the molecule is CNCCCC(=O)NC(C)C1CCCC1.Cl. The van der Waals surface area contributed by atoms with Gasteiger partial charge in [-0.3, -0.25) is 4.79 Å². The first-order valence-corrected chi connectivity index (χ1v) is 6.18. The molecule has 0 aromatic carbocycles. The monoisotopic (exact) mass is 248 g/mol. The first-order chi connectivity index (χ1) is 7.24. The zero-order chi connectivity index (χ0) is 11.1. The lowest BCUT2D eigenvalue weighted by molar-refractivity contribution is -0.122. The summed E-state index contributed by atoms with van der Waals surface area (Å²) in [5, 5.41) is 6.17. The number of hydrogen-bond acceptors (Lipinski definition) is 2. The normalized spacial score (nSPS) is 17.9. The largest absolute Gasteiger partial charge is 0.353 e. The van der Waals surface area contributed by atoms with Crippen molar-refractivity contribution in [3.8, 4) is 0 Å². The summed E-state index contributed by atoms with van der Waals surface area (Å²) in [4.78, 5) is 11.5. The van der Waals surface area contributed by atoms with Crippen molar-refractivity contribution in [3.63, 3.8) is 0 Å². The minimum absolute atomic E-state index is 0. The molecule has 0 aromatic rings. The Morgan fingerprint density at radius 1 is 1.38 bits per heavy atom. The number of amides is 1. The van der Waals surface area contributed by atoms with E-state index in [0.29, 0.717) is 12.5 Å². The minimum Gasteiger partial charge on any atom is -0.353 e. The van der Waals surface area contributed by atoms with Gasteiger partial charge in [-0.25, -0.2) is 0 Å². The molecule has 1 amide bonds. The van der Waals surface area contributed by atoms with E-state index in [1.165, 1.54) is 25.7 Å². The molecule has 0 aliphatic heterocycles. The number of hydrogen-bond donors (Lipinski definition) is 2. The predicted molar refractivity (Wildman–Crippen MR) is 70.0 cm³/mol. The van der Waals surface area contributed by atoms with Gasteiger partial charge in [0, 0.05) is 12.5 Å². The molecule has 1 atom stereocenters. The maximum absolute atomic E-state index is 11.5. The van der Waals surface area contributed by atoms with Crippen molar-refractivity contribution in [2.24, 2.45) is 5.92 Å². The Kier molecular flexibility index (Phi) is 8.67. The van der Waals surface area contributed by atoms with Crippen molar-refractivity contribution in [1.82, 2.24) is 10.6 Å². The van der Waals surface area contributed by atoms with Gasteiger partial charge in [-0.1, -0.05) is 12.8 Å². The van der Waals surface area contributed by atoms with Gasteiger partial charge in [0.2, 0.25) is 5.91 Å². The first kappa shape index (κ1) is 15.7. The number of halogens is 1. The molecule has 0 aromatic heterocycles. The molecule has 16 heavy (non-hydrogen) atoms. The molecule has 3 nitrogen and oxygen atoms in total. The Labute approximate surface area is 105 Å². The molecule has 4 heteroatoms. The quantitative estimate of drug-likeness (QED) is 0.707. The summed E-state index contributed by atoms with van der Waals surface area (Å²) < 4.78 is 0. The van der Waals surface area contributed by atoms with Crippen molar-refractivity contribution in [2.45, 2.75) is 51.5 Å². The van der Waals surface area contributed by atoms with E-state index in [1.54, 1.807) is 0 Å². The summed E-state index contributed by atoms with van der Waals surface area (Å²) in [6.45, 7) is 3.07. The van der Waals surface area contributed by atoms with Crippen molar-refractivity contribution in [1.29, 1.82) is 0 Å². The number of carbonyl (C=O) groups is 1. The van der Waals surface area contributed by atoms with Crippen LogP contribution in [0.25, 0.3) is 0 Å². The maximum Gasteiger partial charge on any atom is 0.220 e. The molecule has 1 fully saturated rings. The van der Waals surface area contributed by atoms with Gasteiger partial charge in [0.1, 0.15) is 0 Å². The third-order valence-corrected chi connectivity index (χ3v) is 3.33. The van der Waals surface area contributed by atoms with Crippen LogP contribution in [0.2, 0.25) is 0 Å². The molecule has 0 bridgehead atoms. The summed E-state index contributed by atoms with van der Waals surface area (Å²) in [5.41, 5.74) is 0. The highest BCUT2D eigenvalue weighted by molar-refractivity contribution is 5.85. The van der Waals surface area contributed by atoms with Gasteiger partial charge >= 0.3 is 0 Å². The van der Waals surface area contributed by atoms with Crippen LogP contribution in [0.15, 0.2) is 0 Å². The van der Waals surface area contributed by atoms with E-state index in [0.717, 1.165) is 18.9 Å². The number of rotatable bonds is 6. The Balaban J connectivity index is 0.00000225. The molecule has 96 valence electrons. The van der Waals surface area contributed by atoms with Crippen LogP contribution in [0.3, 0.4) is 0 Å². The van der Waals surface area contributed by atoms with Gasteiger partial charge in [0.25, 0.3) is 0 Å². The molecule has 1 aliphatic rings. The molecule has 2 N–H and O–H groups in total. The zero-order valence-corrected chi connectivity index (χ0v) is 11.2. The molecule has 1 aliphatic carbocycles. The van der Waals surface area contributed by atoms with Gasteiger partial charge in [-0.2, -0.15) is 0 Å². The summed E-state index contributed by atoms with van der Waals surface area (Å²) in [6.07, 6.45) is 6.84. The second-order valence-electron chi connectivity index (χ2n) is 4.61. The fourth-order valence-electron chi connectivity index (χ4n) is 2.33. The van der Waals surface area contributed by atoms with Crippen LogP contribution in [-0.4, -0.2) is 25.5 Å². The van der Waals surface area contributed by atoms with Crippen LogP contribution < -0.4 is 10.6 Å². The van der Waals surface area contributed by atoms with Gasteiger partial charge in [-0.05, 0) is 45.7 Å². The van der Waals surface area contributed by atoms with Crippen molar-refractivity contribution >= 4 is 18.3 Å². The highest BCUT2D eigenvalue weighted by Gasteiger charge is 2.22. The van der Waals surface area contributed by atoms with Crippen LogP contribution in [-0.2, 0) is 4.79 Å². The lowest BCUT2D eigenvalue weighted by atomic mass is 10.00. The molecule has 0 heterocycles. The summed E-state index contributed by atoms with van der Waals surface area (Å²) in [5.74, 6) is 0.933. The summed E-state index contributed by atoms with van der Waals surface area (Å²) >= 11 is 0. The van der Waals surface area contributed by atoms with E-state index in [2.05, 4.69) is 17.6 Å². The highest BCUT2D eigenvalue weighted by Crippen LogP contribution is 2.27. The lowest BCUT2D eigenvalue weighted by Gasteiger charge is -2.20. The van der Waals surface area contributed by atoms with Gasteiger partial charge < -0.3 is 10.6 Å². The van der Waals surface area contributed by atoms with E-state index in [9.17, 15) is 4.79 Å². The predicted octanol–water partition coefficient (Wildman–Crippen LogP) is 2.10. The standard InChI is InChI=1S/C12H24N2O.ClH/c1-10(11-6-3-4-7-11)14-12(15)8-5-9-13-2;/h10-11,13H,3-9H2,1-2H3,(H,14,15);1H. The smallest absolute Gasteiger partial charge is 0.220 e. The molecule has 0 spiro atoms. The van der Waals surface area contributed by atoms with Crippen molar-refractivity contribution < 1.29 is 4.79 Å². The van der Waals surface area contributed by atoms with E-state index < -0.39 is 0 Å². The van der Waals surface area contributed by atoms with Crippen LogP contribution >= 0.6 is 12.4 Å². The molecular formula is C12H25ClN2O. The lowest BCUT2D eigenvalue weighted by Crippen LogP contribution is -2.37. The maximum atomic E-state index is 11.5. The van der Waals surface area contributed by atoms with E-state index >= 15 is 0 Å². The van der Waals surface area contributed by atoms with Gasteiger partial charge in [0.05, 0.1) is 0 Å². The molecule has 1 rings (SSSR count). The van der Waals surface area contributed by atoms with Gasteiger partial charge in [0.15, 0.2) is 0 Å². The first-order valence-electron chi connectivity index (χ1n) is 6.18. The molecular weight excluding hydrogens is 224 g/mol. The Morgan fingerprint density at radius 3 is 2.56 bits per heavy atom. The van der Waals surface area contributed by atoms with Crippen LogP contribution in [0, 0.1) is 5.92 Å². The Hall–Kier alpha value is -0.280. The van der Waals surface area contributed by atoms with E-state index in [-0.39, 0.29) is 18.3 Å². The summed E-state index contributed by atoms with van der Waals surface area (Å²) in [7, 11) is 1.92. The minimum atomic E-state index is 0. The fourth-order valence-corrected chi connectivity index (χ4v) is 2.33. The molecule has 1 unspecified atom stereocenters. The van der Waals surface area contributed by atoms with Crippen molar-refractivity contribution in [3.05, 3.63) is 0 Å². The molecule has 1 saturated carbocycles. The topological polar surface area (TPSA) is 41.1 Å². The second-order valence-corrected chi connectivity index (χ2v) is 4.61. The fraction of sp³-hybridized carbons (Fsp3) is 0.917. The average molecular weight is 249 g/mol. The third kappa shape index (κ3) is 5.71. The average Bonchev–Trinajstić information content (AvgIpc) is 2.70. The van der Waals surface area contributed by atoms with Crippen LogP contribution in [0.4, 0.5) is 0 Å². The Bertz CT molecular complexity index is 193. The van der Waals surface area contributed by atoms with E-state index in [1.807, 2.05) is 7.05 Å². The number of carbonyl (C=O) groups excluding carboxylic acids is 1. The van der Waals surface area contributed by atoms with E-state index in [4.69, 9.17) is 0 Å².